The fraction of sp³-hybridized carbons (Fsp3) is 0.435. The van der Waals surface area contributed by atoms with E-state index < -0.39 is 0 Å². The summed E-state index contributed by atoms with van der Waals surface area (Å²) in [6, 6.07) is 10.0. The molecule has 1 fully saturated rings. The molecule has 2 aromatic carbocycles. The summed E-state index contributed by atoms with van der Waals surface area (Å²) in [5.74, 6) is 0.812. The van der Waals surface area contributed by atoms with Crippen LogP contribution in [0, 0.1) is 5.82 Å². The number of piperidine rings is 1. The second-order valence-corrected chi connectivity index (χ2v) is 7.22. The molecule has 0 spiro atoms. The standard InChI is InChI=1S/C23H29FN2O3/c1-3-28-20-13-16(15-26-12-6-5-7-19(26)23(25)27)14-21(29-4-2)22(20)17-8-10-18(24)11-9-17/h8-11,13-14,19H,3-7,12,15H2,1-2H3,(H2,25,27). The topological polar surface area (TPSA) is 64.8 Å². The first-order valence-electron chi connectivity index (χ1n) is 10.2. The second-order valence-electron chi connectivity index (χ2n) is 7.22. The Bertz CT molecular complexity index is 812. The van der Waals surface area contributed by atoms with Gasteiger partial charge in [0.1, 0.15) is 17.3 Å². The number of nitrogens with zero attached hydrogens (tertiary/aromatic N) is 1. The number of primary amides is 1. The number of ether oxygens (including phenoxy) is 2. The van der Waals surface area contributed by atoms with Crippen LogP contribution >= 0.6 is 0 Å². The van der Waals surface area contributed by atoms with Crippen molar-refractivity contribution >= 4 is 5.91 Å². The molecule has 0 radical (unpaired) electrons. The van der Waals surface area contributed by atoms with Crippen LogP contribution in [-0.2, 0) is 11.3 Å². The Kier molecular flexibility index (Phi) is 7.09. The number of hydrogen-bond acceptors (Lipinski definition) is 4. The minimum absolute atomic E-state index is 0.244. The first-order valence-corrected chi connectivity index (χ1v) is 10.2. The van der Waals surface area contributed by atoms with E-state index in [1.54, 1.807) is 12.1 Å². The number of likely N-dealkylation sites (tertiary alicyclic amines) is 1. The van der Waals surface area contributed by atoms with Crippen molar-refractivity contribution in [2.45, 2.75) is 45.7 Å². The quantitative estimate of drug-likeness (QED) is 0.724. The summed E-state index contributed by atoms with van der Waals surface area (Å²) in [6.07, 6.45) is 2.86. The lowest BCUT2D eigenvalue weighted by Gasteiger charge is -2.33. The van der Waals surface area contributed by atoms with Crippen molar-refractivity contribution in [1.29, 1.82) is 0 Å². The Morgan fingerprint density at radius 1 is 1.10 bits per heavy atom. The van der Waals surface area contributed by atoms with E-state index in [1.165, 1.54) is 12.1 Å². The van der Waals surface area contributed by atoms with Crippen LogP contribution in [0.2, 0.25) is 0 Å². The number of nitrogens with two attached hydrogens (primary N) is 1. The highest BCUT2D eigenvalue weighted by atomic mass is 19.1. The van der Waals surface area contributed by atoms with Gasteiger partial charge in [0.25, 0.3) is 0 Å². The lowest BCUT2D eigenvalue weighted by atomic mass is 9.98. The highest BCUT2D eigenvalue weighted by molar-refractivity contribution is 5.80. The zero-order valence-electron chi connectivity index (χ0n) is 17.1. The molecule has 3 rings (SSSR count). The number of rotatable bonds is 8. The van der Waals surface area contributed by atoms with E-state index in [0.29, 0.717) is 31.3 Å². The molecular weight excluding hydrogens is 371 g/mol. The van der Waals surface area contributed by atoms with Crippen molar-refractivity contribution in [1.82, 2.24) is 4.90 Å². The molecule has 0 aliphatic carbocycles. The number of benzene rings is 2. The lowest BCUT2D eigenvalue weighted by Crippen LogP contribution is -2.47. The van der Waals surface area contributed by atoms with Gasteiger partial charge in [0.2, 0.25) is 5.91 Å². The van der Waals surface area contributed by atoms with Gasteiger partial charge in [-0.15, -0.1) is 0 Å². The van der Waals surface area contributed by atoms with Crippen LogP contribution in [0.4, 0.5) is 4.39 Å². The first kappa shape index (κ1) is 21.1. The van der Waals surface area contributed by atoms with E-state index >= 15 is 0 Å². The van der Waals surface area contributed by atoms with Crippen LogP contribution in [0.25, 0.3) is 11.1 Å². The molecule has 2 aromatic rings. The van der Waals surface area contributed by atoms with Crippen LogP contribution in [0.3, 0.4) is 0 Å². The first-order chi connectivity index (χ1) is 14.0. The molecule has 2 N–H and O–H groups in total. The van der Waals surface area contributed by atoms with Gasteiger partial charge < -0.3 is 15.2 Å². The Labute approximate surface area is 171 Å². The number of carbonyl (C=O) groups is 1. The second kappa shape index (κ2) is 9.74. The van der Waals surface area contributed by atoms with Crippen molar-refractivity contribution in [3.05, 3.63) is 47.8 Å². The molecule has 156 valence electrons. The third kappa shape index (κ3) is 5.07. The number of carbonyl (C=O) groups excluding carboxylic acids is 1. The molecule has 0 saturated carbocycles. The van der Waals surface area contributed by atoms with Crippen molar-refractivity contribution < 1.29 is 18.7 Å². The Morgan fingerprint density at radius 2 is 1.72 bits per heavy atom. The van der Waals surface area contributed by atoms with Crippen molar-refractivity contribution in [2.24, 2.45) is 5.73 Å². The number of halogens is 1. The van der Waals surface area contributed by atoms with Gasteiger partial charge >= 0.3 is 0 Å². The molecule has 1 unspecified atom stereocenters. The summed E-state index contributed by atoms with van der Waals surface area (Å²) in [4.78, 5) is 14.0. The summed E-state index contributed by atoms with van der Waals surface area (Å²) in [5.41, 5.74) is 8.25. The zero-order chi connectivity index (χ0) is 20.8. The summed E-state index contributed by atoms with van der Waals surface area (Å²) < 4.78 is 25.3. The van der Waals surface area contributed by atoms with Crippen LogP contribution in [-0.4, -0.2) is 36.6 Å². The van der Waals surface area contributed by atoms with Gasteiger partial charge in [-0.1, -0.05) is 18.6 Å². The molecule has 1 aliphatic heterocycles. The van der Waals surface area contributed by atoms with Crippen LogP contribution in [0.5, 0.6) is 11.5 Å². The van der Waals surface area contributed by atoms with Crippen molar-refractivity contribution in [3.63, 3.8) is 0 Å². The number of hydrogen-bond donors (Lipinski definition) is 1. The average molecular weight is 400 g/mol. The van der Waals surface area contributed by atoms with Gasteiger partial charge in [0.15, 0.2) is 0 Å². The van der Waals surface area contributed by atoms with Gasteiger partial charge in [-0.05, 0) is 68.6 Å². The van der Waals surface area contributed by atoms with E-state index in [1.807, 2.05) is 26.0 Å². The molecule has 0 aromatic heterocycles. The molecule has 1 atom stereocenters. The third-order valence-electron chi connectivity index (χ3n) is 5.19. The monoisotopic (exact) mass is 400 g/mol. The predicted octanol–water partition coefficient (Wildman–Crippen LogP) is 4.13. The highest BCUT2D eigenvalue weighted by Crippen LogP contribution is 2.40. The normalized spacial score (nSPS) is 17.1. The van der Waals surface area contributed by atoms with E-state index in [2.05, 4.69) is 4.90 Å². The SMILES string of the molecule is CCOc1cc(CN2CCCCC2C(N)=O)cc(OCC)c1-c1ccc(F)cc1. The maximum Gasteiger partial charge on any atom is 0.234 e. The molecule has 0 bridgehead atoms. The molecule has 6 heteroatoms. The fourth-order valence-corrected chi connectivity index (χ4v) is 3.91. The van der Waals surface area contributed by atoms with E-state index in [-0.39, 0.29) is 17.8 Å². The molecule has 1 saturated heterocycles. The Hall–Kier alpha value is -2.60. The van der Waals surface area contributed by atoms with Gasteiger partial charge in [-0.25, -0.2) is 4.39 Å². The van der Waals surface area contributed by atoms with E-state index in [9.17, 15) is 9.18 Å². The minimum Gasteiger partial charge on any atom is -0.493 e. The largest absolute Gasteiger partial charge is 0.493 e. The van der Waals surface area contributed by atoms with Crippen molar-refractivity contribution in [2.75, 3.05) is 19.8 Å². The molecule has 5 nitrogen and oxygen atoms in total. The summed E-state index contributed by atoms with van der Waals surface area (Å²) in [7, 11) is 0. The maximum atomic E-state index is 13.4. The van der Waals surface area contributed by atoms with E-state index in [4.69, 9.17) is 15.2 Å². The average Bonchev–Trinajstić information content (AvgIpc) is 2.70. The van der Waals surface area contributed by atoms with Gasteiger partial charge in [-0.3, -0.25) is 9.69 Å². The summed E-state index contributed by atoms with van der Waals surface area (Å²) in [5, 5.41) is 0. The molecule has 29 heavy (non-hydrogen) atoms. The Morgan fingerprint density at radius 3 is 2.28 bits per heavy atom. The summed E-state index contributed by atoms with van der Waals surface area (Å²) >= 11 is 0. The zero-order valence-corrected chi connectivity index (χ0v) is 17.1. The maximum absolute atomic E-state index is 13.4. The summed E-state index contributed by atoms with van der Waals surface area (Å²) in [6.45, 7) is 6.27. The molecular formula is C23H29FN2O3. The van der Waals surface area contributed by atoms with Crippen molar-refractivity contribution in [3.8, 4) is 22.6 Å². The predicted molar refractivity (Wildman–Crippen MR) is 111 cm³/mol. The van der Waals surface area contributed by atoms with Crippen LogP contribution in [0.1, 0.15) is 38.7 Å². The smallest absolute Gasteiger partial charge is 0.234 e. The van der Waals surface area contributed by atoms with Gasteiger partial charge in [-0.2, -0.15) is 0 Å². The Balaban J connectivity index is 2.00. The minimum atomic E-state index is -0.288. The fourth-order valence-electron chi connectivity index (χ4n) is 3.91. The van der Waals surface area contributed by atoms with E-state index in [0.717, 1.165) is 42.5 Å². The molecule has 1 aliphatic rings. The van der Waals surface area contributed by atoms with Gasteiger partial charge in [0.05, 0.1) is 24.8 Å². The highest BCUT2D eigenvalue weighted by Gasteiger charge is 2.27. The van der Waals surface area contributed by atoms with Crippen LogP contribution in [0.15, 0.2) is 36.4 Å². The lowest BCUT2D eigenvalue weighted by molar-refractivity contribution is -0.124. The number of amides is 1. The molecule has 1 heterocycles. The van der Waals surface area contributed by atoms with Gasteiger partial charge in [0, 0.05) is 6.54 Å². The van der Waals surface area contributed by atoms with Crippen LogP contribution < -0.4 is 15.2 Å². The molecule has 1 amide bonds. The third-order valence-corrected chi connectivity index (χ3v) is 5.19.